The molecule has 0 fully saturated rings. The molecule has 3 aromatic rings. The second-order valence-corrected chi connectivity index (χ2v) is 11.1. The van der Waals surface area contributed by atoms with E-state index >= 15 is 0 Å². The summed E-state index contributed by atoms with van der Waals surface area (Å²) in [6.07, 6.45) is 0.660. The number of hydrogen-bond acceptors (Lipinski definition) is 5. The van der Waals surface area contributed by atoms with Gasteiger partial charge in [-0.3, -0.25) is 14.5 Å². The van der Waals surface area contributed by atoms with E-state index in [1.165, 1.54) is 19.1 Å². The fraction of sp³-hybridized carbons (Fsp3) is 0.231. The van der Waals surface area contributed by atoms with Crippen molar-refractivity contribution in [2.75, 3.05) is 11.4 Å². The van der Waals surface area contributed by atoms with Gasteiger partial charge < -0.3 is 5.32 Å². The summed E-state index contributed by atoms with van der Waals surface area (Å²) in [4.78, 5) is 29.5. The first-order valence-corrected chi connectivity index (χ1v) is 13.6. The standard InChI is InChI=1S/C26H27N3O4S2/c1-18-13-15-20(16-14-18)35(32,33)28-19(2)26(31)27-17-7-12-25(30)29-21-8-3-5-10-23(21)34-24-11-6-4-9-22(24)29/h3-6,8-11,13-16,19,28H,7,12,17H2,1-2H3,(H,27,31). The predicted octanol–water partition coefficient (Wildman–Crippen LogP) is 4.39. The summed E-state index contributed by atoms with van der Waals surface area (Å²) in [6, 6.07) is 21.0. The van der Waals surface area contributed by atoms with Crippen molar-refractivity contribution in [1.29, 1.82) is 0 Å². The zero-order valence-electron chi connectivity index (χ0n) is 19.5. The van der Waals surface area contributed by atoms with Gasteiger partial charge in [0.2, 0.25) is 21.8 Å². The van der Waals surface area contributed by atoms with Crippen LogP contribution >= 0.6 is 11.8 Å². The third-order valence-electron chi connectivity index (χ3n) is 5.60. The quantitative estimate of drug-likeness (QED) is 0.439. The van der Waals surface area contributed by atoms with E-state index in [2.05, 4.69) is 10.0 Å². The van der Waals surface area contributed by atoms with Crippen LogP contribution in [0.2, 0.25) is 0 Å². The Morgan fingerprint density at radius 1 is 0.914 bits per heavy atom. The van der Waals surface area contributed by atoms with Crippen LogP contribution in [0.3, 0.4) is 0 Å². The summed E-state index contributed by atoms with van der Waals surface area (Å²) >= 11 is 1.64. The zero-order valence-corrected chi connectivity index (χ0v) is 21.2. The molecule has 0 saturated carbocycles. The van der Waals surface area contributed by atoms with Gasteiger partial charge in [-0.15, -0.1) is 0 Å². The van der Waals surface area contributed by atoms with E-state index in [1.54, 1.807) is 28.8 Å². The van der Waals surface area contributed by atoms with Crippen LogP contribution in [0, 0.1) is 6.92 Å². The molecular weight excluding hydrogens is 482 g/mol. The minimum Gasteiger partial charge on any atom is -0.355 e. The number of carbonyl (C=O) groups is 2. The number of fused-ring (bicyclic) bond motifs is 2. The molecule has 1 atom stereocenters. The fourth-order valence-corrected chi connectivity index (χ4v) is 6.02. The van der Waals surface area contributed by atoms with Crippen molar-refractivity contribution in [3.8, 4) is 0 Å². The van der Waals surface area contributed by atoms with Crippen LogP contribution in [0.15, 0.2) is 87.5 Å². The molecule has 2 amide bonds. The molecule has 0 bridgehead atoms. The molecule has 182 valence electrons. The van der Waals surface area contributed by atoms with Gasteiger partial charge in [0.25, 0.3) is 0 Å². The molecule has 0 aromatic heterocycles. The van der Waals surface area contributed by atoms with E-state index in [1.807, 2.05) is 55.5 Å². The Labute approximate surface area is 210 Å². The number of anilines is 2. The minimum atomic E-state index is -3.81. The molecule has 4 rings (SSSR count). The van der Waals surface area contributed by atoms with E-state index in [9.17, 15) is 18.0 Å². The third-order valence-corrected chi connectivity index (χ3v) is 8.29. The van der Waals surface area contributed by atoms with Crippen molar-refractivity contribution in [3.05, 3.63) is 78.4 Å². The summed E-state index contributed by atoms with van der Waals surface area (Å²) in [5.74, 6) is -0.509. The van der Waals surface area contributed by atoms with Gasteiger partial charge in [-0.05, 0) is 56.7 Å². The highest BCUT2D eigenvalue weighted by Gasteiger charge is 2.27. The van der Waals surface area contributed by atoms with Crippen molar-refractivity contribution >= 4 is 45.0 Å². The summed E-state index contributed by atoms with van der Waals surface area (Å²) in [5.41, 5.74) is 2.65. The van der Waals surface area contributed by atoms with Crippen molar-refractivity contribution < 1.29 is 18.0 Å². The lowest BCUT2D eigenvalue weighted by molar-refractivity contribution is -0.122. The third kappa shape index (κ3) is 5.75. The summed E-state index contributed by atoms with van der Waals surface area (Å²) in [7, 11) is -3.81. The lowest BCUT2D eigenvalue weighted by atomic mass is 10.2. The second kappa shape index (κ2) is 10.6. The van der Waals surface area contributed by atoms with Crippen molar-refractivity contribution in [2.45, 2.75) is 47.4 Å². The minimum absolute atomic E-state index is 0.0624. The van der Waals surface area contributed by atoms with E-state index in [0.29, 0.717) is 6.42 Å². The Morgan fingerprint density at radius 2 is 1.49 bits per heavy atom. The molecular formula is C26H27N3O4S2. The summed E-state index contributed by atoms with van der Waals surface area (Å²) in [5, 5.41) is 2.72. The number of para-hydroxylation sites is 2. The average Bonchev–Trinajstić information content (AvgIpc) is 2.84. The second-order valence-electron chi connectivity index (χ2n) is 8.32. The number of carbonyl (C=O) groups excluding carboxylic acids is 2. The first-order chi connectivity index (χ1) is 16.8. The van der Waals surface area contributed by atoms with Crippen LogP contribution in [0.1, 0.15) is 25.3 Å². The maximum Gasteiger partial charge on any atom is 0.241 e. The van der Waals surface area contributed by atoms with Crippen molar-refractivity contribution in [3.63, 3.8) is 0 Å². The molecule has 1 aliphatic heterocycles. The first kappa shape index (κ1) is 25.0. The Balaban J connectivity index is 1.32. The molecule has 0 saturated heterocycles. The largest absolute Gasteiger partial charge is 0.355 e. The molecule has 2 N–H and O–H groups in total. The average molecular weight is 510 g/mol. The maximum atomic E-state index is 13.2. The van der Waals surface area contributed by atoms with Gasteiger partial charge in [0.05, 0.1) is 22.3 Å². The van der Waals surface area contributed by atoms with Crippen LogP contribution in [-0.2, 0) is 19.6 Å². The highest BCUT2D eigenvalue weighted by Crippen LogP contribution is 2.48. The van der Waals surface area contributed by atoms with Gasteiger partial charge in [0.1, 0.15) is 0 Å². The Bertz CT molecular complexity index is 1300. The number of nitrogens with one attached hydrogen (secondary N) is 2. The van der Waals surface area contributed by atoms with Gasteiger partial charge in [0.15, 0.2) is 0 Å². The van der Waals surface area contributed by atoms with Crippen LogP contribution in [0.25, 0.3) is 0 Å². The highest BCUT2D eigenvalue weighted by molar-refractivity contribution is 7.99. The monoisotopic (exact) mass is 509 g/mol. The molecule has 0 radical (unpaired) electrons. The zero-order chi connectivity index (χ0) is 25.0. The number of aryl methyl sites for hydroxylation is 1. The molecule has 0 aliphatic carbocycles. The number of nitrogens with zero attached hydrogens (tertiary/aromatic N) is 1. The fourth-order valence-electron chi connectivity index (χ4n) is 3.76. The van der Waals surface area contributed by atoms with Crippen LogP contribution < -0.4 is 14.9 Å². The van der Waals surface area contributed by atoms with Crippen LogP contribution in [0.5, 0.6) is 0 Å². The molecule has 9 heteroatoms. The number of hydrogen-bond donors (Lipinski definition) is 2. The van der Waals surface area contributed by atoms with E-state index in [-0.39, 0.29) is 23.8 Å². The Hall–Kier alpha value is -3.14. The summed E-state index contributed by atoms with van der Waals surface area (Å²) < 4.78 is 27.4. The van der Waals surface area contributed by atoms with Gasteiger partial charge in [0, 0.05) is 22.8 Å². The van der Waals surface area contributed by atoms with E-state index < -0.39 is 22.0 Å². The molecule has 1 aliphatic rings. The number of benzene rings is 3. The molecule has 1 unspecified atom stereocenters. The normalized spacial score (nSPS) is 13.5. The maximum absolute atomic E-state index is 13.2. The number of rotatable bonds is 8. The van der Waals surface area contributed by atoms with Gasteiger partial charge in [-0.1, -0.05) is 53.7 Å². The van der Waals surface area contributed by atoms with Gasteiger partial charge in [-0.25, -0.2) is 8.42 Å². The lowest BCUT2D eigenvalue weighted by Gasteiger charge is -2.31. The molecule has 3 aromatic carbocycles. The summed E-state index contributed by atoms with van der Waals surface area (Å²) in [6.45, 7) is 3.62. The van der Waals surface area contributed by atoms with Crippen LogP contribution in [-0.4, -0.2) is 32.8 Å². The first-order valence-electron chi connectivity index (χ1n) is 11.3. The topological polar surface area (TPSA) is 95.6 Å². The SMILES string of the molecule is Cc1ccc(S(=O)(=O)NC(C)C(=O)NCCCC(=O)N2c3ccccc3Sc3ccccc32)cc1. The van der Waals surface area contributed by atoms with Gasteiger partial charge in [-0.2, -0.15) is 4.72 Å². The van der Waals surface area contributed by atoms with Crippen molar-refractivity contribution in [1.82, 2.24) is 10.0 Å². The molecule has 35 heavy (non-hydrogen) atoms. The Morgan fingerprint density at radius 3 is 2.09 bits per heavy atom. The number of amides is 2. The lowest BCUT2D eigenvalue weighted by Crippen LogP contribution is -2.45. The molecule has 7 nitrogen and oxygen atoms in total. The van der Waals surface area contributed by atoms with Crippen LogP contribution in [0.4, 0.5) is 11.4 Å². The number of sulfonamides is 1. The smallest absolute Gasteiger partial charge is 0.241 e. The Kier molecular flexibility index (Phi) is 7.59. The molecule has 1 heterocycles. The van der Waals surface area contributed by atoms with E-state index in [4.69, 9.17) is 0 Å². The predicted molar refractivity (Wildman–Crippen MR) is 137 cm³/mol. The molecule has 0 spiro atoms. The highest BCUT2D eigenvalue weighted by atomic mass is 32.2. The van der Waals surface area contributed by atoms with E-state index in [0.717, 1.165) is 26.7 Å². The van der Waals surface area contributed by atoms with Crippen molar-refractivity contribution in [2.24, 2.45) is 0 Å². The van der Waals surface area contributed by atoms with Gasteiger partial charge >= 0.3 is 0 Å².